The summed E-state index contributed by atoms with van der Waals surface area (Å²) in [7, 11) is -3.58. The van der Waals surface area contributed by atoms with Crippen LogP contribution in [0.4, 0.5) is 0 Å². The van der Waals surface area contributed by atoms with Gasteiger partial charge in [0, 0.05) is 12.6 Å². The van der Waals surface area contributed by atoms with Crippen LogP contribution < -0.4 is 10.5 Å². The van der Waals surface area contributed by atoms with Gasteiger partial charge in [0.05, 0.1) is 5.02 Å². The first-order valence-electron chi connectivity index (χ1n) is 6.43. The average molecular weight is 303 g/mol. The van der Waals surface area contributed by atoms with Gasteiger partial charge in [-0.1, -0.05) is 30.5 Å². The number of rotatable bonds is 6. The molecule has 2 rings (SSSR count). The van der Waals surface area contributed by atoms with E-state index in [1.54, 1.807) is 12.1 Å². The molecule has 1 aliphatic rings. The molecule has 106 valence electrons. The fraction of sp³-hybridized carbons (Fsp3) is 0.538. The predicted molar refractivity (Wildman–Crippen MR) is 76.5 cm³/mol. The van der Waals surface area contributed by atoms with Gasteiger partial charge in [-0.15, -0.1) is 0 Å². The maximum absolute atomic E-state index is 12.3. The first-order valence-corrected chi connectivity index (χ1v) is 8.29. The molecule has 0 amide bonds. The SMILES string of the molecule is CC(CC1CC1)NS(=O)(=O)c1cc(CN)ccc1Cl. The van der Waals surface area contributed by atoms with Crippen LogP contribution in [0.25, 0.3) is 0 Å². The van der Waals surface area contributed by atoms with E-state index in [1.165, 1.54) is 18.9 Å². The predicted octanol–water partition coefficient (Wildman–Crippen LogP) is 2.27. The van der Waals surface area contributed by atoms with Gasteiger partial charge >= 0.3 is 0 Å². The summed E-state index contributed by atoms with van der Waals surface area (Å²) in [6.45, 7) is 2.17. The number of sulfonamides is 1. The van der Waals surface area contributed by atoms with Crippen LogP contribution in [0.1, 0.15) is 31.7 Å². The molecule has 1 saturated carbocycles. The number of halogens is 1. The van der Waals surface area contributed by atoms with Gasteiger partial charge in [-0.2, -0.15) is 0 Å². The quantitative estimate of drug-likeness (QED) is 0.846. The minimum atomic E-state index is -3.58. The van der Waals surface area contributed by atoms with Crippen molar-refractivity contribution in [2.45, 2.75) is 43.7 Å². The van der Waals surface area contributed by atoms with Crippen molar-refractivity contribution < 1.29 is 8.42 Å². The van der Waals surface area contributed by atoms with Crippen LogP contribution in [-0.4, -0.2) is 14.5 Å². The van der Waals surface area contributed by atoms with Crippen molar-refractivity contribution in [2.24, 2.45) is 11.7 Å². The van der Waals surface area contributed by atoms with E-state index in [1.807, 2.05) is 6.92 Å². The zero-order chi connectivity index (χ0) is 14.0. The second-order valence-electron chi connectivity index (χ2n) is 5.17. The van der Waals surface area contributed by atoms with Gasteiger partial charge in [0.2, 0.25) is 10.0 Å². The van der Waals surface area contributed by atoms with Crippen LogP contribution in [0.2, 0.25) is 5.02 Å². The lowest BCUT2D eigenvalue weighted by Crippen LogP contribution is -2.33. The van der Waals surface area contributed by atoms with Crippen LogP contribution in [0.3, 0.4) is 0 Å². The van der Waals surface area contributed by atoms with E-state index in [4.69, 9.17) is 17.3 Å². The molecule has 3 N–H and O–H groups in total. The summed E-state index contributed by atoms with van der Waals surface area (Å²) in [5, 5.41) is 0.225. The number of benzene rings is 1. The number of hydrogen-bond donors (Lipinski definition) is 2. The first-order chi connectivity index (χ1) is 8.92. The molecule has 0 aliphatic heterocycles. The molecule has 0 aromatic heterocycles. The van der Waals surface area contributed by atoms with E-state index in [2.05, 4.69) is 4.72 Å². The molecule has 0 saturated heterocycles. The highest BCUT2D eigenvalue weighted by Gasteiger charge is 2.27. The lowest BCUT2D eigenvalue weighted by molar-refractivity contribution is 0.530. The van der Waals surface area contributed by atoms with Gasteiger partial charge in [0.1, 0.15) is 4.90 Å². The maximum Gasteiger partial charge on any atom is 0.242 e. The molecular weight excluding hydrogens is 284 g/mol. The highest BCUT2D eigenvalue weighted by atomic mass is 35.5. The lowest BCUT2D eigenvalue weighted by Gasteiger charge is -2.15. The number of hydrogen-bond acceptors (Lipinski definition) is 3. The molecular formula is C13H19ClN2O2S. The molecule has 0 spiro atoms. The molecule has 1 aromatic rings. The Balaban J connectivity index is 2.17. The van der Waals surface area contributed by atoms with Crippen LogP contribution in [0, 0.1) is 5.92 Å². The second-order valence-corrected chi connectivity index (χ2v) is 7.26. The zero-order valence-corrected chi connectivity index (χ0v) is 12.5. The normalized spacial score (nSPS) is 17.4. The summed E-state index contributed by atoms with van der Waals surface area (Å²) in [6, 6.07) is 4.77. The molecule has 0 bridgehead atoms. The van der Waals surface area contributed by atoms with Crippen molar-refractivity contribution in [1.82, 2.24) is 4.72 Å². The highest BCUT2D eigenvalue weighted by Crippen LogP contribution is 2.33. The Labute approximate surface area is 119 Å². The Morgan fingerprint density at radius 3 is 2.74 bits per heavy atom. The number of nitrogens with two attached hydrogens (primary N) is 1. The smallest absolute Gasteiger partial charge is 0.242 e. The van der Waals surface area contributed by atoms with Crippen molar-refractivity contribution in [2.75, 3.05) is 0 Å². The fourth-order valence-electron chi connectivity index (χ4n) is 2.11. The van der Waals surface area contributed by atoms with Crippen LogP contribution >= 0.6 is 11.6 Å². The van der Waals surface area contributed by atoms with E-state index >= 15 is 0 Å². The molecule has 0 heterocycles. The summed E-state index contributed by atoms with van der Waals surface area (Å²) < 4.78 is 27.3. The molecule has 4 nitrogen and oxygen atoms in total. The summed E-state index contributed by atoms with van der Waals surface area (Å²) in [6.07, 6.45) is 3.29. The Morgan fingerprint density at radius 2 is 2.16 bits per heavy atom. The van der Waals surface area contributed by atoms with Gasteiger partial charge in [-0.05, 0) is 37.0 Å². The van der Waals surface area contributed by atoms with Gasteiger partial charge in [-0.3, -0.25) is 0 Å². The zero-order valence-electron chi connectivity index (χ0n) is 10.9. The lowest BCUT2D eigenvalue weighted by atomic mass is 10.2. The van der Waals surface area contributed by atoms with E-state index in [9.17, 15) is 8.42 Å². The Bertz CT molecular complexity index is 556. The van der Waals surface area contributed by atoms with Crippen molar-refractivity contribution >= 4 is 21.6 Å². The van der Waals surface area contributed by atoms with E-state index in [0.717, 1.165) is 12.0 Å². The third kappa shape index (κ3) is 3.92. The second kappa shape index (κ2) is 5.79. The summed E-state index contributed by atoms with van der Waals surface area (Å²) in [4.78, 5) is 0.111. The molecule has 19 heavy (non-hydrogen) atoms. The van der Waals surface area contributed by atoms with Crippen LogP contribution in [-0.2, 0) is 16.6 Å². The Hall–Kier alpha value is -0.620. The summed E-state index contributed by atoms with van der Waals surface area (Å²) >= 11 is 5.98. The maximum atomic E-state index is 12.3. The topological polar surface area (TPSA) is 72.2 Å². The van der Waals surface area contributed by atoms with E-state index in [-0.39, 0.29) is 22.5 Å². The minimum Gasteiger partial charge on any atom is -0.326 e. The summed E-state index contributed by atoms with van der Waals surface area (Å²) in [5.41, 5.74) is 6.28. The van der Waals surface area contributed by atoms with Gasteiger partial charge in [0.25, 0.3) is 0 Å². The third-order valence-electron chi connectivity index (χ3n) is 3.26. The molecule has 1 aromatic carbocycles. The summed E-state index contributed by atoms with van der Waals surface area (Å²) in [5.74, 6) is 0.670. The molecule has 1 fully saturated rings. The Kier molecular flexibility index (Phi) is 4.50. The van der Waals surface area contributed by atoms with Crippen molar-refractivity contribution in [3.63, 3.8) is 0 Å². The Morgan fingerprint density at radius 1 is 1.47 bits per heavy atom. The van der Waals surface area contributed by atoms with E-state index < -0.39 is 10.0 Å². The largest absolute Gasteiger partial charge is 0.326 e. The first kappa shape index (κ1) is 14.8. The van der Waals surface area contributed by atoms with Crippen LogP contribution in [0.15, 0.2) is 23.1 Å². The molecule has 1 atom stereocenters. The van der Waals surface area contributed by atoms with Crippen LogP contribution in [0.5, 0.6) is 0 Å². The minimum absolute atomic E-state index is 0.0740. The van der Waals surface area contributed by atoms with Gasteiger partial charge < -0.3 is 5.73 Å². The van der Waals surface area contributed by atoms with Gasteiger partial charge in [-0.25, -0.2) is 13.1 Å². The standard InChI is InChI=1S/C13H19ClN2O2S/c1-9(6-10-2-3-10)16-19(17,18)13-7-11(8-15)4-5-12(13)14/h4-5,7,9-10,16H,2-3,6,8,15H2,1H3. The monoisotopic (exact) mass is 302 g/mol. The van der Waals surface area contributed by atoms with Crippen molar-refractivity contribution in [3.05, 3.63) is 28.8 Å². The molecule has 6 heteroatoms. The van der Waals surface area contributed by atoms with Gasteiger partial charge in [0.15, 0.2) is 0 Å². The molecule has 1 unspecified atom stereocenters. The molecule has 0 radical (unpaired) electrons. The van der Waals surface area contributed by atoms with Crippen molar-refractivity contribution in [1.29, 1.82) is 0 Å². The fourth-order valence-corrected chi connectivity index (χ4v) is 3.92. The van der Waals surface area contributed by atoms with E-state index in [0.29, 0.717) is 5.92 Å². The molecule has 1 aliphatic carbocycles. The van der Waals surface area contributed by atoms with Crippen molar-refractivity contribution in [3.8, 4) is 0 Å². The number of nitrogens with one attached hydrogen (secondary N) is 1. The average Bonchev–Trinajstić information content (AvgIpc) is 3.12. The third-order valence-corrected chi connectivity index (χ3v) is 5.33. The highest BCUT2D eigenvalue weighted by molar-refractivity contribution is 7.89.